The Kier molecular flexibility index (Phi) is 5.32. The summed E-state index contributed by atoms with van der Waals surface area (Å²) in [6.45, 7) is 4.52. The second kappa shape index (κ2) is 7.67. The van der Waals surface area contributed by atoms with E-state index in [0.29, 0.717) is 0 Å². The van der Waals surface area contributed by atoms with Gasteiger partial charge in [0.2, 0.25) is 0 Å². The lowest BCUT2D eigenvalue weighted by atomic mass is 9.48. The van der Waals surface area contributed by atoms with E-state index in [0.717, 1.165) is 17.8 Å². The molecule has 30 heavy (non-hydrogen) atoms. The van der Waals surface area contributed by atoms with Crippen molar-refractivity contribution in [2.45, 2.75) is 71.9 Å². The quantitative estimate of drug-likeness (QED) is 0.413. The molecule has 1 atom stereocenters. The normalized spacial score (nSPS) is 30.2. The van der Waals surface area contributed by atoms with E-state index < -0.39 is 10.9 Å². The molecule has 1 N–H and O–H groups in total. The Hall–Kier alpha value is -2.45. The second-order valence-corrected chi connectivity index (χ2v) is 9.66. The molecular formula is C21H30N4O5. The molecule has 4 saturated carbocycles. The van der Waals surface area contributed by atoms with Gasteiger partial charge in [-0.15, -0.1) is 0 Å². The van der Waals surface area contributed by atoms with Gasteiger partial charge in [-0.05, 0) is 82.5 Å². The Morgan fingerprint density at radius 2 is 1.80 bits per heavy atom. The fraction of sp³-hybridized carbons (Fsp3) is 0.762. The lowest BCUT2D eigenvalue weighted by Gasteiger charge is -2.59. The Morgan fingerprint density at radius 1 is 1.23 bits per heavy atom. The van der Waals surface area contributed by atoms with Gasteiger partial charge in [0.25, 0.3) is 5.91 Å². The van der Waals surface area contributed by atoms with Crippen LogP contribution in [0.15, 0.2) is 0 Å². The van der Waals surface area contributed by atoms with E-state index in [-0.39, 0.29) is 47.6 Å². The number of nitrogens with one attached hydrogen (secondary N) is 1. The number of hydrogen-bond acceptors (Lipinski definition) is 6. The first-order chi connectivity index (χ1) is 14.2. The summed E-state index contributed by atoms with van der Waals surface area (Å²) in [6.07, 6.45) is 7.62. The van der Waals surface area contributed by atoms with E-state index in [1.165, 1.54) is 57.1 Å². The SMILES string of the molecule is Cc1nn(CC(=O)OCC(=O)N[C@H](C)C23CC4CC(CC(C4)C2)C3)c(C)c1[N+](=O)[O-]. The average Bonchev–Trinajstić information content (AvgIpc) is 2.92. The predicted molar refractivity (Wildman–Crippen MR) is 108 cm³/mol. The third kappa shape index (κ3) is 3.81. The molecule has 5 rings (SSSR count). The first-order valence-corrected chi connectivity index (χ1v) is 10.8. The van der Waals surface area contributed by atoms with Crippen LogP contribution < -0.4 is 5.32 Å². The van der Waals surface area contributed by atoms with Gasteiger partial charge in [-0.2, -0.15) is 5.10 Å². The minimum Gasteiger partial charge on any atom is -0.454 e. The summed E-state index contributed by atoms with van der Waals surface area (Å²) in [6, 6.07) is 0.0655. The van der Waals surface area contributed by atoms with Crippen LogP contribution in [-0.2, 0) is 20.9 Å². The molecule has 164 valence electrons. The van der Waals surface area contributed by atoms with Gasteiger partial charge in [0, 0.05) is 6.04 Å². The smallest absolute Gasteiger partial charge is 0.328 e. The Morgan fingerprint density at radius 3 is 2.30 bits per heavy atom. The van der Waals surface area contributed by atoms with Gasteiger partial charge in [0.15, 0.2) is 6.61 Å². The number of nitro groups is 1. The van der Waals surface area contributed by atoms with Crippen molar-refractivity contribution in [3.05, 3.63) is 21.5 Å². The van der Waals surface area contributed by atoms with Crippen LogP contribution in [0.4, 0.5) is 5.69 Å². The summed E-state index contributed by atoms with van der Waals surface area (Å²) in [5.41, 5.74) is 0.614. The standard InChI is InChI=1S/C21H30N4O5/c1-12-20(25(28)29)13(2)24(23-12)10-19(27)30-11-18(26)22-14(3)21-7-15-4-16(8-21)6-17(5-15)9-21/h14-17H,4-11H2,1-3H3,(H,22,26)/t14-,15?,16?,17?,21?/m1/s1. The molecule has 4 aliphatic rings. The molecule has 9 heteroatoms. The summed E-state index contributed by atoms with van der Waals surface area (Å²) >= 11 is 0. The summed E-state index contributed by atoms with van der Waals surface area (Å²) in [4.78, 5) is 35.1. The maximum atomic E-state index is 12.4. The number of amides is 1. The van der Waals surface area contributed by atoms with Crippen LogP contribution in [0, 0.1) is 47.1 Å². The highest BCUT2D eigenvalue weighted by atomic mass is 16.6. The molecule has 0 saturated heterocycles. The van der Waals surface area contributed by atoms with Gasteiger partial charge < -0.3 is 10.1 Å². The highest BCUT2D eigenvalue weighted by Crippen LogP contribution is 2.61. The fourth-order valence-corrected chi connectivity index (χ4v) is 6.56. The Balaban J connectivity index is 1.28. The highest BCUT2D eigenvalue weighted by molar-refractivity contribution is 5.80. The molecule has 1 aromatic rings. The number of aromatic nitrogens is 2. The molecule has 0 unspecified atom stereocenters. The van der Waals surface area contributed by atoms with Gasteiger partial charge in [0.1, 0.15) is 17.9 Å². The Bertz CT molecular complexity index is 842. The maximum absolute atomic E-state index is 12.4. The molecule has 4 bridgehead atoms. The molecule has 0 radical (unpaired) electrons. The predicted octanol–water partition coefficient (Wildman–Crippen LogP) is 2.67. The largest absolute Gasteiger partial charge is 0.454 e. The van der Waals surface area contributed by atoms with E-state index >= 15 is 0 Å². The van der Waals surface area contributed by atoms with Crippen LogP contribution in [-0.4, -0.2) is 39.2 Å². The van der Waals surface area contributed by atoms with Crippen LogP contribution in [0.5, 0.6) is 0 Å². The van der Waals surface area contributed by atoms with Gasteiger partial charge in [-0.1, -0.05) is 0 Å². The molecule has 9 nitrogen and oxygen atoms in total. The molecule has 1 heterocycles. The number of nitrogens with zero attached hydrogens (tertiary/aromatic N) is 3. The fourth-order valence-electron chi connectivity index (χ4n) is 6.56. The van der Waals surface area contributed by atoms with Gasteiger partial charge >= 0.3 is 11.7 Å². The number of carbonyl (C=O) groups excluding carboxylic acids is 2. The van der Waals surface area contributed by atoms with Gasteiger partial charge in [0.05, 0.1) is 4.92 Å². The number of aryl methyl sites for hydroxylation is 1. The number of ether oxygens (including phenoxy) is 1. The number of hydrogen-bond donors (Lipinski definition) is 1. The van der Waals surface area contributed by atoms with Crippen molar-refractivity contribution in [3.63, 3.8) is 0 Å². The van der Waals surface area contributed by atoms with Crippen molar-refractivity contribution >= 4 is 17.6 Å². The van der Waals surface area contributed by atoms with Gasteiger partial charge in [-0.25, -0.2) is 0 Å². The van der Waals surface area contributed by atoms with Crippen molar-refractivity contribution < 1.29 is 19.2 Å². The molecular weight excluding hydrogens is 388 g/mol. The van der Waals surface area contributed by atoms with E-state index in [9.17, 15) is 19.7 Å². The number of rotatable bonds is 7. The van der Waals surface area contributed by atoms with Crippen molar-refractivity contribution in [1.29, 1.82) is 0 Å². The molecule has 0 aliphatic heterocycles. The molecule has 1 amide bonds. The minimum atomic E-state index is -0.645. The highest BCUT2D eigenvalue weighted by Gasteiger charge is 2.53. The van der Waals surface area contributed by atoms with Crippen molar-refractivity contribution in [2.75, 3.05) is 6.61 Å². The number of esters is 1. The van der Waals surface area contributed by atoms with Crippen molar-refractivity contribution in [3.8, 4) is 0 Å². The lowest BCUT2D eigenvalue weighted by molar-refractivity contribution is -0.386. The van der Waals surface area contributed by atoms with Crippen LogP contribution in [0.2, 0.25) is 0 Å². The van der Waals surface area contributed by atoms with Crippen LogP contribution in [0.3, 0.4) is 0 Å². The van der Waals surface area contributed by atoms with E-state index in [4.69, 9.17) is 4.74 Å². The summed E-state index contributed by atoms with van der Waals surface area (Å²) in [5.74, 6) is 1.47. The average molecular weight is 418 g/mol. The van der Waals surface area contributed by atoms with E-state index in [2.05, 4.69) is 17.3 Å². The van der Waals surface area contributed by atoms with Crippen molar-refractivity contribution in [2.24, 2.45) is 23.2 Å². The zero-order chi connectivity index (χ0) is 21.6. The summed E-state index contributed by atoms with van der Waals surface area (Å²) in [5, 5.41) is 18.2. The molecule has 1 aromatic heterocycles. The lowest BCUT2D eigenvalue weighted by Crippen LogP contribution is -2.56. The first-order valence-electron chi connectivity index (χ1n) is 10.8. The maximum Gasteiger partial charge on any atom is 0.328 e. The number of carbonyl (C=O) groups is 2. The van der Waals surface area contributed by atoms with E-state index in [1.807, 2.05) is 0 Å². The zero-order valence-electron chi connectivity index (χ0n) is 17.8. The summed E-state index contributed by atoms with van der Waals surface area (Å²) < 4.78 is 6.35. The van der Waals surface area contributed by atoms with Crippen LogP contribution >= 0.6 is 0 Å². The monoisotopic (exact) mass is 418 g/mol. The summed E-state index contributed by atoms with van der Waals surface area (Å²) in [7, 11) is 0. The third-order valence-corrected chi connectivity index (χ3v) is 7.55. The first kappa shape index (κ1) is 20.8. The van der Waals surface area contributed by atoms with Crippen molar-refractivity contribution in [1.82, 2.24) is 15.1 Å². The minimum absolute atomic E-state index is 0.0655. The third-order valence-electron chi connectivity index (χ3n) is 7.55. The van der Waals surface area contributed by atoms with Crippen LogP contribution in [0.25, 0.3) is 0 Å². The molecule has 4 fully saturated rings. The van der Waals surface area contributed by atoms with Crippen LogP contribution in [0.1, 0.15) is 56.8 Å². The Labute approximate surface area is 175 Å². The molecule has 4 aliphatic carbocycles. The topological polar surface area (TPSA) is 116 Å². The second-order valence-electron chi connectivity index (χ2n) is 9.66. The molecule has 0 spiro atoms. The zero-order valence-corrected chi connectivity index (χ0v) is 17.8. The van der Waals surface area contributed by atoms with Gasteiger partial charge in [-0.3, -0.25) is 24.4 Å². The van der Waals surface area contributed by atoms with E-state index in [1.54, 1.807) is 0 Å². The molecule has 0 aromatic carbocycles.